The Morgan fingerprint density at radius 1 is 1.30 bits per heavy atom. The number of halogens is 6. The summed E-state index contributed by atoms with van der Waals surface area (Å²) < 4.78 is 66.2. The third-order valence-electron chi connectivity index (χ3n) is 2.43. The number of nitrogens with two attached hydrogens (primary N) is 1. The van der Waals surface area contributed by atoms with Crippen LogP contribution in [-0.2, 0) is 11.2 Å². The summed E-state index contributed by atoms with van der Waals surface area (Å²) in [4.78, 5) is 0. The number of rotatable bonds is 7. The molecule has 8 heteroatoms. The van der Waals surface area contributed by atoms with E-state index in [0.29, 0.717) is 5.56 Å². The standard InChI is InChI=1S/C12H13ClF5NO/c13-9-4-7(1-2-10(9)14)3-8(19)5-20-6-12(17,18)11(15)16/h1-2,4,8,11H,3,5-6,19H2. The first-order valence-electron chi connectivity index (χ1n) is 5.65. The van der Waals surface area contributed by atoms with Crippen molar-refractivity contribution in [1.82, 2.24) is 0 Å². The van der Waals surface area contributed by atoms with Crippen LogP contribution in [0.3, 0.4) is 0 Å². The Bertz CT molecular complexity index is 444. The normalized spacial score (nSPS) is 13.8. The van der Waals surface area contributed by atoms with Crippen LogP contribution < -0.4 is 5.73 Å². The minimum absolute atomic E-state index is 0.0835. The van der Waals surface area contributed by atoms with Gasteiger partial charge in [0.2, 0.25) is 0 Å². The minimum atomic E-state index is -4.20. The van der Waals surface area contributed by atoms with Gasteiger partial charge in [0.25, 0.3) is 0 Å². The van der Waals surface area contributed by atoms with Crippen molar-refractivity contribution in [3.05, 3.63) is 34.6 Å². The van der Waals surface area contributed by atoms with Gasteiger partial charge in [0.05, 0.1) is 11.6 Å². The van der Waals surface area contributed by atoms with Crippen molar-refractivity contribution in [3.63, 3.8) is 0 Å². The fourth-order valence-electron chi connectivity index (χ4n) is 1.44. The molecule has 2 nitrogen and oxygen atoms in total. The Hall–Kier alpha value is -0.920. The molecule has 2 N–H and O–H groups in total. The molecule has 1 atom stereocenters. The number of benzene rings is 1. The second kappa shape index (κ2) is 7.19. The van der Waals surface area contributed by atoms with Gasteiger partial charge in [-0.3, -0.25) is 0 Å². The van der Waals surface area contributed by atoms with Crippen LogP contribution in [0.25, 0.3) is 0 Å². The van der Waals surface area contributed by atoms with E-state index in [-0.39, 0.29) is 18.1 Å². The number of hydrogen-bond donors (Lipinski definition) is 1. The van der Waals surface area contributed by atoms with Gasteiger partial charge >= 0.3 is 12.3 Å². The molecule has 0 saturated heterocycles. The molecule has 0 aliphatic carbocycles. The van der Waals surface area contributed by atoms with Crippen LogP contribution in [0.2, 0.25) is 5.02 Å². The van der Waals surface area contributed by atoms with Gasteiger partial charge in [0.15, 0.2) is 0 Å². The smallest absolute Gasteiger partial charge is 0.330 e. The van der Waals surface area contributed by atoms with Crippen LogP contribution in [0.4, 0.5) is 22.0 Å². The van der Waals surface area contributed by atoms with Crippen molar-refractivity contribution >= 4 is 11.6 Å². The van der Waals surface area contributed by atoms with Gasteiger partial charge in [-0.25, -0.2) is 13.2 Å². The SMILES string of the molecule is NC(COCC(F)(F)C(F)F)Cc1ccc(F)c(Cl)c1. The van der Waals surface area contributed by atoms with Crippen LogP contribution >= 0.6 is 11.6 Å². The predicted molar refractivity (Wildman–Crippen MR) is 64.9 cm³/mol. The lowest BCUT2D eigenvalue weighted by molar-refractivity contribution is -0.166. The van der Waals surface area contributed by atoms with Gasteiger partial charge in [0, 0.05) is 6.04 Å². The first-order chi connectivity index (χ1) is 9.22. The fourth-order valence-corrected chi connectivity index (χ4v) is 1.64. The van der Waals surface area contributed by atoms with Crippen molar-refractivity contribution in [1.29, 1.82) is 0 Å². The van der Waals surface area contributed by atoms with Crippen molar-refractivity contribution in [2.45, 2.75) is 24.8 Å². The predicted octanol–water partition coefficient (Wildman–Crippen LogP) is 3.27. The molecule has 0 aromatic heterocycles. The summed E-state index contributed by atoms with van der Waals surface area (Å²) in [7, 11) is 0. The number of alkyl halides is 4. The third-order valence-corrected chi connectivity index (χ3v) is 2.72. The fraction of sp³-hybridized carbons (Fsp3) is 0.500. The van der Waals surface area contributed by atoms with E-state index in [1.807, 2.05) is 0 Å². The van der Waals surface area contributed by atoms with E-state index in [4.69, 9.17) is 17.3 Å². The molecule has 0 saturated carbocycles. The molecule has 1 rings (SSSR count). The molecule has 0 amide bonds. The molecule has 0 fully saturated rings. The molecule has 0 bridgehead atoms. The highest BCUT2D eigenvalue weighted by molar-refractivity contribution is 6.30. The zero-order valence-corrected chi connectivity index (χ0v) is 11.0. The molecular formula is C12H13ClF5NO. The first kappa shape index (κ1) is 17.1. The highest BCUT2D eigenvalue weighted by Crippen LogP contribution is 2.23. The lowest BCUT2D eigenvalue weighted by Gasteiger charge is -2.17. The van der Waals surface area contributed by atoms with E-state index < -0.39 is 30.8 Å². The van der Waals surface area contributed by atoms with Crippen LogP contribution in [0.15, 0.2) is 18.2 Å². The van der Waals surface area contributed by atoms with Crippen LogP contribution in [0, 0.1) is 5.82 Å². The Morgan fingerprint density at radius 3 is 2.50 bits per heavy atom. The Labute approximate surface area is 117 Å². The largest absolute Gasteiger partial charge is 0.373 e. The molecule has 1 aromatic carbocycles. The van der Waals surface area contributed by atoms with E-state index in [1.165, 1.54) is 12.1 Å². The topological polar surface area (TPSA) is 35.2 Å². The summed E-state index contributed by atoms with van der Waals surface area (Å²) in [5.41, 5.74) is 6.20. The monoisotopic (exact) mass is 317 g/mol. The molecule has 1 aromatic rings. The lowest BCUT2D eigenvalue weighted by Crippen LogP contribution is -2.36. The summed E-state index contributed by atoms with van der Waals surface area (Å²) in [6.45, 7) is -1.72. The maximum Gasteiger partial charge on any atom is 0.330 e. The number of ether oxygens (including phenoxy) is 1. The van der Waals surface area contributed by atoms with Crippen molar-refractivity contribution in [2.75, 3.05) is 13.2 Å². The van der Waals surface area contributed by atoms with Crippen molar-refractivity contribution < 1.29 is 26.7 Å². The van der Waals surface area contributed by atoms with Crippen LogP contribution in [0.5, 0.6) is 0 Å². The van der Waals surface area contributed by atoms with Gasteiger partial charge in [-0.2, -0.15) is 8.78 Å². The average Bonchev–Trinajstić information content (AvgIpc) is 2.33. The second-order valence-electron chi connectivity index (χ2n) is 4.29. The second-order valence-corrected chi connectivity index (χ2v) is 4.70. The molecule has 0 aliphatic heterocycles. The third kappa shape index (κ3) is 5.22. The van der Waals surface area contributed by atoms with Gasteiger partial charge in [-0.05, 0) is 24.1 Å². The van der Waals surface area contributed by atoms with Crippen LogP contribution in [-0.4, -0.2) is 31.6 Å². The Balaban J connectivity index is 2.40. The molecular weight excluding hydrogens is 305 g/mol. The molecule has 0 spiro atoms. The molecule has 0 aliphatic rings. The van der Waals surface area contributed by atoms with E-state index >= 15 is 0 Å². The van der Waals surface area contributed by atoms with E-state index in [9.17, 15) is 22.0 Å². The zero-order valence-electron chi connectivity index (χ0n) is 10.3. The van der Waals surface area contributed by atoms with Gasteiger partial charge < -0.3 is 10.5 Å². The molecule has 1 unspecified atom stereocenters. The highest BCUT2D eigenvalue weighted by atomic mass is 35.5. The van der Waals surface area contributed by atoms with Gasteiger partial charge in [0.1, 0.15) is 12.4 Å². The summed E-state index contributed by atoms with van der Waals surface area (Å²) in [5, 5.41) is -0.0835. The summed E-state index contributed by atoms with van der Waals surface area (Å²) in [6, 6.07) is 3.25. The van der Waals surface area contributed by atoms with Crippen LogP contribution in [0.1, 0.15) is 5.56 Å². The average molecular weight is 318 g/mol. The maximum absolute atomic E-state index is 12.9. The van der Waals surface area contributed by atoms with E-state index in [2.05, 4.69) is 4.74 Å². The van der Waals surface area contributed by atoms with Crippen molar-refractivity contribution in [2.24, 2.45) is 5.73 Å². The molecule has 0 heterocycles. The lowest BCUT2D eigenvalue weighted by atomic mass is 10.1. The minimum Gasteiger partial charge on any atom is -0.373 e. The zero-order chi connectivity index (χ0) is 15.3. The molecule has 20 heavy (non-hydrogen) atoms. The molecule has 0 radical (unpaired) electrons. The first-order valence-corrected chi connectivity index (χ1v) is 6.03. The Kier molecular flexibility index (Phi) is 6.16. The van der Waals surface area contributed by atoms with Crippen molar-refractivity contribution in [3.8, 4) is 0 Å². The molecule has 114 valence electrons. The van der Waals surface area contributed by atoms with Gasteiger partial charge in [-0.1, -0.05) is 17.7 Å². The maximum atomic E-state index is 12.9. The summed E-state index contributed by atoms with van der Waals surface area (Å²) in [5.74, 6) is -4.78. The number of hydrogen-bond acceptors (Lipinski definition) is 2. The Morgan fingerprint density at radius 2 is 1.95 bits per heavy atom. The van der Waals surface area contributed by atoms with Gasteiger partial charge in [-0.15, -0.1) is 0 Å². The summed E-state index contributed by atoms with van der Waals surface area (Å²) in [6.07, 6.45) is -3.59. The highest BCUT2D eigenvalue weighted by Gasteiger charge is 2.41. The quantitative estimate of drug-likeness (QED) is 0.783. The van der Waals surface area contributed by atoms with E-state index in [0.717, 1.165) is 6.07 Å². The van der Waals surface area contributed by atoms with E-state index in [1.54, 1.807) is 0 Å². The summed E-state index contributed by atoms with van der Waals surface area (Å²) >= 11 is 5.57.